The van der Waals surface area contributed by atoms with Crippen molar-refractivity contribution in [3.63, 3.8) is 0 Å². The number of rotatable bonds is 40. The number of aliphatic carboxylic acids is 1. The molecule has 0 aliphatic heterocycles. The number of carboxylic acids is 1. The van der Waals surface area contributed by atoms with Gasteiger partial charge in [-0.05, 0) is 83.5 Å². The first kappa shape index (κ1) is 57.1. The molecule has 0 aliphatic rings. The zero-order valence-corrected chi connectivity index (χ0v) is 38.1. The summed E-state index contributed by atoms with van der Waals surface area (Å²) < 4.78 is 26.7. The average molecular weight is 872 g/mol. The summed E-state index contributed by atoms with van der Waals surface area (Å²) in [6.45, 7) is 2.33. The molecule has 0 saturated carbocycles. The minimum Gasteiger partial charge on any atom is -0.480 e. The number of esters is 1. The summed E-state index contributed by atoms with van der Waals surface area (Å²) in [5, 5.41) is 21.8. The first-order valence-electron chi connectivity index (χ1n) is 22.4. The van der Waals surface area contributed by atoms with Crippen molar-refractivity contribution < 1.29 is 47.8 Å². The number of phosphoric ester groups is 1. The molecule has 0 aromatic heterocycles. The van der Waals surface area contributed by atoms with Crippen LogP contribution in [0.5, 0.6) is 0 Å². The fourth-order valence-electron chi connectivity index (χ4n) is 5.37. The van der Waals surface area contributed by atoms with Crippen molar-refractivity contribution in [1.82, 2.24) is 5.32 Å². The second-order valence-corrected chi connectivity index (χ2v) is 16.0. The van der Waals surface area contributed by atoms with E-state index in [9.17, 15) is 34.1 Å². The number of aliphatic hydroxyl groups excluding tert-OH is 1. The van der Waals surface area contributed by atoms with E-state index in [2.05, 4.69) is 104 Å². The Morgan fingerprint density at radius 2 is 0.984 bits per heavy atom. The van der Waals surface area contributed by atoms with E-state index in [4.69, 9.17) is 13.8 Å². The van der Waals surface area contributed by atoms with Gasteiger partial charge in [0.05, 0.1) is 19.6 Å². The highest BCUT2D eigenvalue weighted by atomic mass is 31.2. The third-order valence-electron chi connectivity index (χ3n) is 8.83. The lowest BCUT2D eigenvalue weighted by atomic mass is 10.1. The van der Waals surface area contributed by atoms with E-state index in [1.807, 2.05) is 18.2 Å². The topological polar surface area (TPSA) is 169 Å². The smallest absolute Gasteiger partial charge is 0.472 e. The molecule has 0 heterocycles. The van der Waals surface area contributed by atoms with Crippen LogP contribution in [-0.2, 0) is 32.7 Å². The Kier molecular flexibility index (Phi) is 40.1. The molecule has 0 aromatic carbocycles. The van der Waals surface area contributed by atoms with E-state index < -0.39 is 57.6 Å². The SMILES string of the molecule is CC/C=C\C/C=C\C/C=C\C/C=C\C/C=C\C/C=C\C/C=C\CC(=O)OCC(O)COP(=O)(O)OCC(NC(=O)CCCCCCC/C=C\C/C=C\CCCCCC)C(=O)O. The van der Waals surface area contributed by atoms with Crippen molar-refractivity contribution in [3.05, 3.63) is 109 Å². The number of carboxylic acid groups (broad SMARTS) is 1. The van der Waals surface area contributed by atoms with E-state index >= 15 is 0 Å². The summed E-state index contributed by atoms with van der Waals surface area (Å²) in [5.74, 6) is -2.55. The van der Waals surface area contributed by atoms with Crippen LogP contribution in [0.15, 0.2) is 109 Å². The number of carbonyl (C=O) groups excluding carboxylic acids is 2. The molecule has 1 amide bonds. The zero-order chi connectivity index (χ0) is 44.9. The number of ether oxygens (including phenoxy) is 1. The van der Waals surface area contributed by atoms with Crippen LogP contribution in [0, 0.1) is 0 Å². The fraction of sp³-hybridized carbons (Fsp3) is 0.571. The molecule has 4 N–H and O–H groups in total. The highest BCUT2D eigenvalue weighted by molar-refractivity contribution is 7.47. The van der Waals surface area contributed by atoms with Gasteiger partial charge in [0.25, 0.3) is 0 Å². The number of allylic oxidation sites excluding steroid dienone is 17. The molecule has 12 heteroatoms. The quantitative estimate of drug-likeness (QED) is 0.0201. The van der Waals surface area contributed by atoms with Crippen LogP contribution in [0.25, 0.3) is 0 Å². The van der Waals surface area contributed by atoms with Crippen molar-refractivity contribution in [1.29, 1.82) is 0 Å². The molecule has 0 fully saturated rings. The zero-order valence-electron chi connectivity index (χ0n) is 37.2. The molecular formula is C49H78NO10P. The summed E-state index contributed by atoms with van der Waals surface area (Å²) in [4.78, 5) is 45.9. The first-order valence-corrected chi connectivity index (χ1v) is 23.9. The van der Waals surface area contributed by atoms with Crippen LogP contribution >= 0.6 is 7.82 Å². The number of nitrogens with one attached hydrogen (secondary N) is 1. The van der Waals surface area contributed by atoms with Gasteiger partial charge in [-0.2, -0.15) is 0 Å². The van der Waals surface area contributed by atoms with Gasteiger partial charge in [-0.1, -0.05) is 162 Å². The van der Waals surface area contributed by atoms with Gasteiger partial charge in [0, 0.05) is 6.42 Å². The first-order chi connectivity index (χ1) is 29.6. The van der Waals surface area contributed by atoms with E-state index in [-0.39, 0.29) is 12.8 Å². The van der Waals surface area contributed by atoms with Crippen LogP contribution in [0.2, 0.25) is 0 Å². The number of amides is 1. The van der Waals surface area contributed by atoms with Gasteiger partial charge in [-0.15, -0.1) is 0 Å². The van der Waals surface area contributed by atoms with E-state index in [1.54, 1.807) is 6.08 Å². The molecule has 61 heavy (non-hydrogen) atoms. The molecule has 0 rings (SSSR count). The van der Waals surface area contributed by atoms with Gasteiger partial charge >= 0.3 is 19.8 Å². The molecule has 0 bridgehead atoms. The van der Waals surface area contributed by atoms with Crippen molar-refractivity contribution in [2.24, 2.45) is 0 Å². The summed E-state index contributed by atoms with van der Waals surface area (Å²) in [7, 11) is -4.79. The van der Waals surface area contributed by atoms with Crippen LogP contribution in [0.3, 0.4) is 0 Å². The molecule has 0 radical (unpaired) electrons. The molecule has 0 saturated heterocycles. The molecular weight excluding hydrogens is 794 g/mol. The Morgan fingerprint density at radius 3 is 1.48 bits per heavy atom. The molecule has 0 aliphatic carbocycles. The fourth-order valence-corrected chi connectivity index (χ4v) is 6.14. The van der Waals surface area contributed by atoms with E-state index in [0.717, 1.165) is 83.5 Å². The van der Waals surface area contributed by atoms with E-state index in [1.165, 1.54) is 25.7 Å². The number of phosphoric acid groups is 1. The number of carbonyl (C=O) groups is 3. The van der Waals surface area contributed by atoms with Crippen molar-refractivity contribution in [2.45, 2.75) is 161 Å². The van der Waals surface area contributed by atoms with Gasteiger partial charge in [-0.25, -0.2) is 9.36 Å². The van der Waals surface area contributed by atoms with Crippen LogP contribution in [0.4, 0.5) is 0 Å². The maximum Gasteiger partial charge on any atom is 0.472 e. The van der Waals surface area contributed by atoms with Crippen LogP contribution < -0.4 is 5.32 Å². The lowest BCUT2D eigenvalue weighted by Gasteiger charge is -2.18. The minimum absolute atomic E-state index is 0.0182. The van der Waals surface area contributed by atoms with E-state index in [0.29, 0.717) is 12.8 Å². The predicted molar refractivity (Wildman–Crippen MR) is 249 cm³/mol. The lowest BCUT2D eigenvalue weighted by molar-refractivity contribution is -0.146. The standard InChI is InChI=1S/C49H78NO10P/c1-3-5-7-9-11-13-15-17-19-21-22-23-24-25-27-29-31-33-35-37-39-41-48(53)58-42-45(51)43-59-61(56,57)60-44-46(49(54)55)50-47(52)40-38-36-34-32-30-28-26-20-18-16-14-12-10-8-6-4-2/h5,7,11,13-14,16-17,19-20,22-23,25-27,31,33,37,39,45-46,51H,3-4,6,8-10,12,15,18,21,24,28-30,32,34-36,38,40-44H2,1-2H3,(H,50,52)(H,54,55)(H,56,57)/b7-5-,13-11-,16-14-,19-17-,23-22-,26-20-,27-25-,33-31-,39-37-. The number of hydrogen-bond acceptors (Lipinski definition) is 8. The Morgan fingerprint density at radius 1 is 0.557 bits per heavy atom. The highest BCUT2D eigenvalue weighted by Crippen LogP contribution is 2.43. The third-order valence-corrected chi connectivity index (χ3v) is 9.78. The Bertz CT molecular complexity index is 1440. The van der Waals surface area contributed by atoms with Gasteiger partial charge in [0.2, 0.25) is 5.91 Å². The van der Waals surface area contributed by atoms with Gasteiger partial charge in [0.15, 0.2) is 6.04 Å². The number of hydrogen-bond donors (Lipinski definition) is 4. The van der Waals surface area contributed by atoms with Gasteiger partial charge in [0.1, 0.15) is 12.7 Å². The van der Waals surface area contributed by atoms with Gasteiger partial charge in [-0.3, -0.25) is 18.6 Å². The summed E-state index contributed by atoms with van der Waals surface area (Å²) in [5.41, 5.74) is 0. The van der Waals surface area contributed by atoms with Crippen molar-refractivity contribution >= 4 is 25.7 Å². The molecule has 0 aromatic rings. The maximum atomic E-state index is 12.3. The molecule has 3 unspecified atom stereocenters. The van der Waals surface area contributed by atoms with Crippen molar-refractivity contribution in [2.75, 3.05) is 19.8 Å². The predicted octanol–water partition coefficient (Wildman–Crippen LogP) is 11.8. The normalized spacial score (nSPS) is 14.7. The maximum absolute atomic E-state index is 12.3. The second-order valence-electron chi connectivity index (χ2n) is 14.5. The molecule has 0 spiro atoms. The lowest BCUT2D eigenvalue weighted by Crippen LogP contribution is -2.43. The van der Waals surface area contributed by atoms with Crippen LogP contribution in [-0.4, -0.2) is 64.9 Å². The summed E-state index contributed by atoms with van der Waals surface area (Å²) in [6.07, 6.45) is 55.6. The minimum atomic E-state index is -4.79. The third kappa shape index (κ3) is 42.6. The van der Waals surface area contributed by atoms with Gasteiger partial charge < -0.3 is 25.2 Å². The number of aliphatic hydroxyl groups is 1. The largest absolute Gasteiger partial charge is 0.480 e. The Balaban J connectivity index is 4.06. The Hall–Kier alpha value is -3.86. The highest BCUT2D eigenvalue weighted by Gasteiger charge is 2.28. The van der Waals surface area contributed by atoms with Crippen molar-refractivity contribution in [3.8, 4) is 0 Å². The average Bonchev–Trinajstić information content (AvgIpc) is 3.24. The molecule has 344 valence electrons. The summed E-state index contributed by atoms with van der Waals surface area (Å²) >= 11 is 0. The Labute approximate surface area is 367 Å². The summed E-state index contributed by atoms with van der Waals surface area (Å²) in [6, 6.07) is -1.57. The second kappa shape index (κ2) is 42.8. The molecule has 3 atom stereocenters. The number of unbranched alkanes of at least 4 members (excludes halogenated alkanes) is 9. The molecule has 11 nitrogen and oxygen atoms in total. The van der Waals surface area contributed by atoms with Crippen LogP contribution in [0.1, 0.15) is 149 Å². The monoisotopic (exact) mass is 872 g/mol.